The Balaban J connectivity index is 1.41. The average Bonchev–Trinajstić information content (AvgIpc) is 3.00. The molecule has 2 N–H and O–H groups in total. The fourth-order valence-electron chi connectivity index (χ4n) is 4.57. The quantitative estimate of drug-likeness (QED) is 0.194. The smallest absolute Gasteiger partial charge is 0.277 e. The van der Waals surface area contributed by atoms with E-state index in [1.165, 1.54) is 12.2 Å². The van der Waals surface area contributed by atoms with Gasteiger partial charge in [0, 0.05) is 40.6 Å². The molecule has 0 atom stereocenters. The number of allylic oxidation sites excluding steroid dienone is 1. The number of aromatic nitrogens is 2. The monoisotopic (exact) mass is 543 g/mol. The highest BCUT2D eigenvalue weighted by atomic mass is 16.7. The van der Waals surface area contributed by atoms with Crippen LogP contribution in [-0.4, -0.2) is 35.1 Å². The van der Waals surface area contributed by atoms with Gasteiger partial charge in [0.1, 0.15) is 0 Å². The number of para-hydroxylation sites is 1. The molecule has 0 bridgehead atoms. The molecule has 0 aliphatic rings. The number of rotatable bonds is 8. The fourth-order valence-corrected chi connectivity index (χ4v) is 4.57. The molecule has 0 saturated heterocycles. The Kier molecular flexibility index (Phi) is 8.08. The van der Waals surface area contributed by atoms with E-state index < -0.39 is 0 Å². The van der Waals surface area contributed by atoms with Gasteiger partial charge >= 0.3 is 0 Å². The number of anilines is 3. The highest BCUT2D eigenvalue weighted by Crippen LogP contribution is 2.30. The van der Waals surface area contributed by atoms with Crippen LogP contribution in [-0.2, 0) is 4.84 Å². The van der Waals surface area contributed by atoms with Gasteiger partial charge < -0.3 is 10.6 Å². The van der Waals surface area contributed by atoms with Gasteiger partial charge in [-0.25, -0.2) is 15.0 Å². The number of aryl methyl sites for hydroxylation is 1. The number of carbonyl (C=O) groups is 1. The van der Waals surface area contributed by atoms with E-state index in [4.69, 9.17) is 14.8 Å². The van der Waals surface area contributed by atoms with Gasteiger partial charge in [-0.2, -0.15) is 0 Å². The molecule has 0 unspecified atom stereocenters. The number of carbonyl (C=O) groups excluding carboxylic acids is 1. The first kappa shape index (κ1) is 27.6. The predicted octanol–water partition coefficient (Wildman–Crippen LogP) is 7.85. The molecule has 7 heteroatoms. The Morgan fingerprint density at radius 1 is 0.829 bits per heavy atom. The topological polar surface area (TPSA) is 79.4 Å². The van der Waals surface area contributed by atoms with Gasteiger partial charge in [-0.1, -0.05) is 72.3 Å². The van der Waals surface area contributed by atoms with Crippen molar-refractivity contribution >= 4 is 39.8 Å². The van der Waals surface area contributed by atoms with Crippen LogP contribution in [0.15, 0.2) is 103 Å². The van der Waals surface area contributed by atoms with Crippen molar-refractivity contribution in [2.45, 2.75) is 20.8 Å². The highest BCUT2D eigenvalue weighted by molar-refractivity contribution is 5.95. The molecule has 206 valence electrons. The van der Waals surface area contributed by atoms with Crippen molar-refractivity contribution in [2.75, 3.05) is 24.8 Å². The highest BCUT2D eigenvalue weighted by Gasteiger charge is 2.15. The van der Waals surface area contributed by atoms with Gasteiger partial charge in [-0.05, 0) is 62.2 Å². The molecule has 0 fully saturated rings. The second-order valence-electron chi connectivity index (χ2n) is 10.00. The summed E-state index contributed by atoms with van der Waals surface area (Å²) in [6.45, 7) is 6.14. The lowest BCUT2D eigenvalue weighted by atomic mass is 10.0. The number of hydrogen-bond acceptors (Lipinski definition) is 6. The molecule has 0 radical (unpaired) electrons. The third-order valence-corrected chi connectivity index (χ3v) is 6.88. The van der Waals surface area contributed by atoms with E-state index in [1.54, 1.807) is 13.1 Å². The molecule has 5 rings (SSSR count). The number of fused-ring (bicyclic) bond motifs is 1. The van der Waals surface area contributed by atoms with E-state index in [-0.39, 0.29) is 5.91 Å². The van der Waals surface area contributed by atoms with Gasteiger partial charge in [-0.15, -0.1) is 0 Å². The Morgan fingerprint density at radius 2 is 1.51 bits per heavy atom. The molecule has 7 nitrogen and oxygen atoms in total. The number of benzene rings is 4. The molecule has 0 saturated carbocycles. The molecular formula is C34H33N5O2. The minimum absolute atomic E-state index is 0.212. The van der Waals surface area contributed by atoms with E-state index in [0.717, 1.165) is 55.9 Å². The number of amides is 1. The summed E-state index contributed by atoms with van der Waals surface area (Å²) >= 11 is 0. The molecule has 1 aromatic heterocycles. The minimum Gasteiger partial charge on any atom is -0.355 e. The van der Waals surface area contributed by atoms with Gasteiger partial charge in [0.05, 0.1) is 18.3 Å². The summed E-state index contributed by atoms with van der Waals surface area (Å²) in [5, 5.41) is 9.16. The zero-order chi connectivity index (χ0) is 28.9. The molecular weight excluding hydrogens is 510 g/mol. The lowest BCUT2D eigenvalue weighted by molar-refractivity contribution is -0.0756. The van der Waals surface area contributed by atoms with Crippen molar-refractivity contribution in [3.63, 3.8) is 0 Å². The summed E-state index contributed by atoms with van der Waals surface area (Å²) in [4.78, 5) is 27.3. The van der Waals surface area contributed by atoms with Crippen molar-refractivity contribution < 1.29 is 9.63 Å². The lowest BCUT2D eigenvalue weighted by Crippen LogP contribution is -2.25. The largest absolute Gasteiger partial charge is 0.355 e. The summed E-state index contributed by atoms with van der Waals surface area (Å²) in [7, 11) is 3.07. The molecule has 1 heterocycles. The fraction of sp³-hybridized carbons (Fsp3) is 0.147. The van der Waals surface area contributed by atoms with Crippen LogP contribution in [0.4, 0.5) is 17.3 Å². The van der Waals surface area contributed by atoms with Crippen LogP contribution in [0.1, 0.15) is 35.3 Å². The summed E-state index contributed by atoms with van der Waals surface area (Å²) in [6.07, 6.45) is 0. The summed E-state index contributed by atoms with van der Waals surface area (Å²) < 4.78 is 0. The third-order valence-electron chi connectivity index (χ3n) is 6.88. The maximum atomic E-state index is 12.6. The van der Waals surface area contributed by atoms with E-state index in [0.29, 0.717) is 11.5 Å². The van der Waals surface area contributed by atoms with Crippen molar-refractivity contribution in [3.05, 3.63) is 119 Å². The average molecular weight is 544 g/mol. The third kappa shape index (κ3) is 6.10. The van der Waals surface area contributed by atoms with Gasteiger partial charge in [0.15, 0.2) is 0 Å². The van der Waals surface area contributed by atoms with Crippen molar-refractivity contribution in [1.29, 1.82) is 0 Å². The molecule has 0 aliphatic carbocycles. The molecule has 5 aromatic rings. The lowest BCUT2D eigenvalue weighted by Gasteiger charge is -2.18. The molecule has 0 aliphatic heterocycles. The number of hydrogen-bond donors (Lipinski definition) is 2. The Bertz CT molecular complexity index is 1730. The molecule has 0 spiro atoms. The normalized spacial score (nSPS) is 10.8. The first-order valence-corrected chi connectivity index (χ1v) is 13.4. The van der Waals surface area contributed by atoms with Crippen molar-refractivity contribution in [2.24, 2.45) is 0 Å². The van der Waals surface area contributed by atoms with Crippen LogP contribution in [0, 0.1) is 6.92 Å². The van der Waals surface area contributed by atoms with Gasteiger partial charge in [-0.3, -0.25) is 9.63 Å². The molecule has 4 aromatic carbocycles. The van der Waals surface area contributed by atoms with Crippen LogP contribution in [0.5, 0.6) is 0 Å². The van der Waals surface area contributed by atoms with Gasteiger partial charge in [0.25, 0.3) is 5.91 Å². The Labute approximate surface area is 240 Å². The number of nitrogens with zero attached hydrogens (tertiary/aromatic N) is 3. The summed E-state index contributed by atoms with van der Waals surface area (Å²) in [5.74, 6) is 0.324. The Hall–Kier alpha value is -5.01. The van der Waals surface area contributed by atoms with Crippen LogP contribution < -0.4 is 10.6 Å². The minimum atomic E-state index is -0.212. The van der Waals surface area contributed by atoms with E-state index in [2.05, 4.69) is 48.7 Å². The first-order chi connectivity index (χ1) is 19.8. The Morgan fingerprint density at radius 3 is 2.22 bits per heavy atom. The predicted molar refractivity (Wildman–Crippen MR) is 167 cm³/mol. The standard InChI is InChI=1S/C34H33N5O2/c1-22(2)31(36-30-21-26(16-15-23(30)3)33(40)39(4)41-5)25-17-19-27(20-18-25)35-34-37-29-14-10-9-13-28(29)32(38-34)24-11-7-6-8-12-24/h6-21,36H,1-5H3,(H,35,37,38). The van der Waals surface area contributed by atoms with Crippen molar-refractivity contribution in [1.82, 2.24) is 15.0 Å². The van der Waals surface area contributed by atoms with E-state index in [9.17, 15) is 4.79 Å². The van der Waals surface area contributed by atoms with Crippen LogP contribution in [0.2, 0.25) is 0 Å². The van der Waals surface area contributed by atoms with Crippen LogP contribution in [0.25, 0.3) is 27.9 Å². The maximum absolute atomic E-state index is 12.6. The van der Waals surface area contributed by atoms with E-state index in [1.807, 2.05) is 73.7 Å². The van der Waals surface area contributed by atoms with Crippen molar-refractivity contribution in [3.8, 4) is 11.3 Å². The number of hydroxylamine groups is 2. The summed E-state index contributed by atoms with van der Waals surface area (Å²) in [5.41, 5.74) is 9.21. The second kappa shape index (κ2) is 12.0. The van der Waals surface area contributed by atoms with E-state index >= 15 is 0 Å². The molecule has 1 amide bonds. The molecule has 41 heavy (non-hydrogen) atoms. The number of nitrogens with one attached hydrogen (secondary N) is 2. The van der Waals surface area contributed by atoms with Crippen LogP contribution in [0.3, 0.4) is 0 Å². The zero-order valence-electron chi connectivity index (χ0n) is 23.9. The van der Waals surface area contributed by atoms with Gasteiger partial charge in [0.2, 0.25) is 5.95 Å². The zero-order valence-corrected chi connectivity index (χ0v) is 23.9. The first-order valence-electron chi connectivity index (χ1n) is 13.4. The summed E-state index contributed by atoms with van der Waals surface area (Å²) in [6, 6.07) is 31.9. The van der Waals surface area contributed by atoms with Crippen LogP contribution >= 0.6 is 0 Å². The SMILES string of the molecule is CON(C)C(=O)c1ccc(C)c(NC(=C(C)C)c2ccc(Nc3nc(-c4ccccc4)c4ccccc4n3)cc2)c1. The second-order valence-corrected chi connectivity index (χ2v) is 10.00. The maximum Gasteiger partial charge on any atom is 0.277 e.